The van der Waals surface area contributed by atoms with Crippen LogP contribution in [0, 0.1) is 20.8 Å². The number of carbonyl (C=O) groups excluding carboxylic acids is 1. The van der Waals surface area contributed by atoms with Gasteiger partial charge < -0.3 is 5.32 Å². The van der Waals surface area contributed by atoms with Crippen LogP contribution in [0.3, 0.4) is 0 Å². The Bertz CT molecular complexity index is 1390. The molecule has 3 aromatic rings. The van der Waals surface area contributed by atoms with E-state index in [9.17, 15) is 18.0 Å². The lowest BCUT2D eigenvalue weighted by atomic mass is 10.0. The van der Waals surface area contributed by atoms with Crippen molar-refractivity contribution in [3.63, 3.8) is 0 Å². The highest BCUT2D eigenvalue weighted by Gasteiger charge is 2.27. The highest BCUT2D eigenvalue weighted by molar-refractivity contribution is 7.89. The summed E-state index contributed by atoms with van der Waals surface area (Å²) in [4.78, 5) is 26.2. The molecular weight excluding hydrogens is 438 g/mol. The number of nitrogens with zero attached hydrogens (tertiary/aromatic N) is 2. The monoisotopic (exact) mass is 467 g/mol. The van der Waals surface area contributed by atoms with Crippen molar-refractivity contribution in [1.82, 2.24) is 8.87 Å². The summed E-state index contributed by atoms with van der Waals surface area (Å²) in [5, 5.41) is 3.77. The second-order valence-corrected chi connectivity index (χ2v) is 10.8. The quantitative estimate of drug-likeness (QED) is 0.616. The zero-order valence-electron chi connectivity index (χ0n) is 19.4. The number of hydrogen-bond donors (Lipinski definition) is 1. The van der Waals surface area contributed by atoms with Crippen LogP contribution in [0.25, 0.3) is 10.9 Å². The van der Waals surface area contributed by atoms with E-state index in [0.29, 0.717) is 18.8 Å². The summed E-state index contributed by atoms with van der Waals surface area (Å²) >= 11 is 0. The van der Waals surface area contributed by atoms with Gasteiger partial charge in [-0.05, 0) is 82.0 Å². The Kier molecular flexibility index (Phi) is 6.16. The maximum absolute atomic E-state index is 13.1. The summed E-state index contributed by atoms with van der Waals surface area (Å²) in [5.41, 5.74) is 3.89. The number of aryl methyl sites for hydroxylation is 3. The number of nitrogens with one attached hydrogen (secondary N) is 1. The molecule has 174 valence electrons. The Morgan fingerprint density at radius 3 is 2.24 bits per heavy atom. The molecular formula is C25H29N3O4S. The first-order valence-electron chi connectivity index (χ1n) is 11.1. The molecule has 0 aliphatic carbocycles. The van der Waals surface area contributed by atoms with Crippen LogP contribution in [0.15, 0.2) is 52.2 Å². The molecule has 2 aromatic carbocycles. The molecule has 1 fully saturated rings. The van der Waals surface area contributed by atoms with Gasteiger partial charge in [-0.3, -0.25) is 14.2 Å². The van der Waals surface area contributed by atoms with Crippen molar-refractivity contribution in [2.24, 2.45) is 0 Å². The number of pyridine rings is 1. The number of rotatable bonds is 5. The van der Waals surface area contributed by atoms with Gasteiger partial charge >= 0.3 is 0 Å². The Morgan fingerprint density at radius 2 is 1.61 bits per heavy atom. The van der Waals surface area contributed by atoms with Gasteiger partial charge in [0.15, 0.2) is 0 Å². The summed E-state index contributed by atoms with van der Waals surface area (Å²) in [6, 6.07) is 11.0. The molecule has 8 heteroatoms. The van der Waals surface area contributed by atoms with Gasteiger partial charge in [0.25, 0.3) is 5.56 Å². The van der Waals surface area contributed by atoms with E-state index in [-0.39, 0.29) is 16.4 Å². The Balaban J connectivity index is 1.61. The third-order valence-electron chi connectivity index (χ3n) is 6.28. The van der Waals surface area contributed by atoms with Gasteiger partial charge in [-0.1, -0.05) is 11.6 Å². The van der Waals surface area contributed by atoms with Crippen LogP contribution in [-0.4, -0.2) is 36.3 Å². The fourth-order valence-electron chi connectivity index (χ4n) is 4.56. The van der Waals surface area contributed by atoms with Crippen LogP contribution in [0.5, 0.6) is 0 Å². The first-order chi connectivity index (χ1) is 15.6. The number of fused-ring (bicyclic) bond motifs is 1. The van der Waals surface area contributed by atoms with Crippen LogP contribution >= 0.6 is 0 Å². The van der Waals surface area contributed by atoms with Crippen molar-refractivity contribution in [2.75, 3.05) is 18.4 Å². The lowest BCUT2D eigenvalue weighted by molar-refractivity contribution is -0.118. The smallest absolute Gasteiger partial charge is 0.252 e. The number of sulfonamides is 1. The van der Waals surface area contributed by atoms with Gasteiger partial charge in [0.05, 0.1) is 10.4 Å². The largest absolute Gasteiger partial charge is 0.324 e. The minimum absolute atomic E-state index is 0.210. The maximum Gasteiger partial charge on any atom is 0.252 e. The van der Waals surface area contributed by atoms with E-state index < -0.39 is 16.1 Å². The number of aromatic nitrogens is 1. The summed E-state index contributed by atoms with van der Waals surface area (Å²) in [7, 11) is -3.51. The Labute approximate surface area is 194 Å². The van der Waals surface area contributed by atoms with Crippen LogP contribution in [0.4, 0.5) is 5.69 Å². The Morgan fingerprint density at radius 1 is 0.970 bits per heavy atom. The van der Waals surface area contributed by atoms with Crippen molar-refractivity contribution < 1.29 is 13.2 Å². The van der Waals surface area contributed by atoms with E-state index in [1.165, 1.54) is 21.0 Å². The number of carbonyl (C=O) groups is 1. The molecule has 1 saturated heterocycles. The molecule has 0 bridgehead atoms. The molecule has 33 heavy (non-hydrogen) atoms. The Hall–Kier alpha value is -2.97. The molecule has 1 amide bonds. The van der Waals surface area contributed by atoms with E-state index >= 15 is 0 Å². The molecule has 1 aliphatic rings. The predicted molar refractivity (Wildman–Crippen MR) is 130 cm³/mol. The molecule has 1 unspecified atom stereocenters. The van der Waals surface area contributed by atoms with Gasteiger partial charge in [0.2, 0.25) is 15.9 Å². The molecule has 1 N–H and O–H groups in total. The van der Waals surface area contributed by atoms with Crippen molar-refractivity contribution in [3.05, 3.63) is 69.5 Å². The topological polar surface area (TPSA) is 88.5 Å². The lowest BCUT2D eigenvalue weighted by Crippen LogP contribution is -2.32. The molecule has 1 aliphatic heterocycles. The van der Waals surface area contributed by atoms with E-state index in [1.807, 2.05) is 32.9 Å². The maximum atomic E-state index is 13.1. The van der Waals surface area contributed by atoms with Crippen molar-refractivity contribution in [2.45, 2.75) is 51.5 Å². The molecule has 7 nitrogen and oxygen atoms in total. The summed E-state index contributed by atoms with van der Waals surface area (Å²) in [6.45, 7) is 8.61. The first kappa shape index (κ1) is 23.2. The predicted octanol–water partition coefficient (Wildman–Crippen LogP) is 3.91. The van der Waals surface area contributed by atoms with Gasteiger partial charge in [-0.2, -0.15) is 4.31 Å². The highest BCUT2D eigenvalue weighted by Crippen LogP contribution is 2.26. The van der Waals surface area contributed by atoms with Crippen molar-refractivity contribution >= 4 is 32.5 Å². The van der Waals surface area contributed by atoms with Crippen LogP contribution < -0.4 is 10.9 Å². The second-order valence-electron chi connectivity index (χ2n) is 8.81. The van der Waals surface area contributed by atoms with Gasteiger partial charge in [-0.25, -0.2) is 8.42 Å². The summed E-state index contributed by atoms with van der Waals surface area (Å²) in [6.07, 6.45) is 1.74. The molecule has 1 atom stereocenters. The number of benzene rings is 2. The van der Waals surface area contributed by atoms with Crippen LogP contribution in [0.1, 0.15) is 42.5 Å². The lowest BCUT2D eigenvalue weighted by Gasteiger charge is -2.21. The third-order valence-corrected chi connectivity index (χ3v) is 8.19. The number of amides is 1. The second kappa shape index (κ2) is 8.76. The number of hydrogen-bond acceptors (Lipinski definition) is 4. The summed E-state index contributed by atoms with van der Waals surface area (Å²) in [5.74, 6) is -0.350. The average molecular weight is 468 g/mol. The fourth-order valence-corrected chi connectivity index (χ4v) is 6.08. The minimum Gasteiger partial charge on any atom is -0.324 e. The molecule has 4 rings (SSSR count). The van der Waals surface area contributed by atoms with Gasteiger partial charge in [0.1, 0.15) is 6.04 Å². The third kappa shape index (κ3) is 4.32. The fraction of sp³-hybridized carbons (Fsp3) is 0.360. The average Bonchev–Trinajstić information content (AvgIpc) is 3.30. The molecule has 0 radical (unpaired) electrons. The van der Waals surface area contributed by atoms with E-state index in [0.717, 1.165) is 40.4 Å². The minimum atomic E-state index is -3.51. The van der Waals surface area contributed by atoms with Gasteiger partial charge in [0, 0.05) is 30.2 Å². The molecule has 0 spiro atoms. The zero-order valence-corrected chi connectivity index (χ0v) is 20.2. The van der Waals surface area contributed by atoms with Crippen molar-refractivity contribution in [1.29, 1.82) is 0 Å². The van der Waals surface area contributed by atoms with Crippen LogP contribution in [0.2, 0.25) is 0 Å². The SMILES string of the molecule is Cc1cc(C)c2c(c1)c(C)cc(=O)n2C(C)C(=O)Nc1ccc(S(=O)(=O)N2CCCC2)cc1. The first-order valence-corrected chi connectivity index (χ1v) is 12.6. The normalized spacial score (nSPS) is 15.6. The molecule has 2 heterocycles. The molecule has 1 aromatic heterocycles. The standard InChI is InChI=1S/C25H29N3O4S/c1-16-13-18(3)24-22(14-16)17(2)15-23(29)28(24)19(4)25(30)26-20-7-9-21(10-8-20)33(31,32)27-11-5-6-12-27/h7-10,13-15,19H,5-6,11-12H2,1-4H3,(H,26,30). The van der Waals surface area contributed by atoms with E-state index in [4.69, 9.17) is 0 Å². The highest BCUT2D eigenvalue weighted by atomic mass is 32.2. The van der Waals surface area contributed by atoms with E-state index in [1.54, 1.807) is 25.1 Å². The number of anilines is 1. The van der Waals surface area contributed by atoms with Crippen LogP contribution in [-0.2, 0) is 14.8 Å². The van der Waals surface area contributed by atoms with Gasteiger partial charge in [-0.15, -0.1) is 0 Å². The zero-order chi connectivity index (χ0) is 23.9. The molecule has 0 saturated carbocycles. The summed E-state index contributed by atoms with van der Waals surface area (Å²) < 4.78 is 28.4. The van der Waals surface area contributed by atoms with Crippen molar-refractivity contribution in [3.8, 4) is 0 Å². The van der Waals surface area contributed by atoms with E-state index in [2.05, 4.69) is 5.32 Å².